The van der Waals surface area contributed by atoms with Gasteiger partial charge in [0.25, 0.3) is 23.6 Å². The zero-order valence-electron chi connectivity index (χ0n) is 38.5. The van der Waals surface area contributed by atoms with Crippen LogP contribution in [0.2, 0.25) is 20.1 Å². The van der Waals surface area contributed by atoms with Gasteiger partial charge in [-0.15, -0.1) is 0 Å². The average Bonchev–Trinajstić information content (AvgIpc) is 3.32. The zero-order chi connectivity index (χ0) is 52.6. The fraction of sp³-hybridized carbons (Fsp3) is 0.280. The highest BCUT2D eigenvalue weighted by molar-refractivity contribution is 7.59. The van der Waals surface area contributed by atoms with Gasteiger partial charge in [0.15, 0.2) is 11.6 Å². The predicted octanol–water partition coefficient (Wildman–Crippen LogP) is 6.90. The van der Waals surface area contributed by atoms with Gasteiger partial charge in [-0.2, -0.15) is 47.5 Å². The first-order valence-electron chi connectivity index (χ1n) is 20.8. The third kappa shape index (κ3) is 24.4. The number of hydrogen-bond acceptors (Lipinski definition) is 13. The van der Waals surface area contributed by atoms with E-state index in [0.29, 0.717) is 16.7 Å². The van der Waals surface area contributed by atoms with Gasteiger partial charge in [0.05, 0.1) is 51.4 Å². The monoisotopic (exact) mass is 1160 g/mol. The van der Waals surface area contributed by atoms with E-state index in [9.17, 15) is 43.5 Å². The lowest BCUT2D eigenvalue weighted by atomic mass is 10.1. The lowest BCUT2D eigenvalue weighted by Gasteiger charge is -2.17. The minimum atomic E-state index is -1.37. The van der Waals surface area contributed by atoms with Crippen molar-refractivity contribution in [1.29, 1.82) is 10.5 Å². The molecule has 0 radical (unpaired) electrons. The van der Waals surface area contributed by atoms with E-state index in [2.05, 4.69) is 31.3 Å². The number of esters is 1. The molecule has 0 aromatic heterocycles. The van der Waals surface area contributed by atoms with Crippen molar-refractivity contribution in [3.8, 4) is 12.4 Å². The summed E-state index contributed by atoms with van der Waals surface area (Å²) in [7, 11) is 1.15. The van der Waals surface area contributed by atoms with E-state index in [0.717, 1.165) is 7.11 Å². The number of aliphatic imine (C=N–C) groups is 2. The second-order valence-electron chi connectivity index (χ2n) is 14.8. The summed E-state index contributed by atoms with van der Waals surface area (Å²) in [4.78, 5) is 105. The molecule has 4 aromatic rings. The number of methoxy groups -OCH3 is 1. The number of carbonyl (C=O) groups is 8. The topological polar surface area (TPSA) is 338 Å². The van der Waals surface area contributed by atoms with E-state index >= 15 is 0 Å². The fourth-order valence-electron chi connectivity index (χ4n) is 6.16. The number of benzene rings is 4. The Balaban J connectivity index is -0.00000132. The van der Waals surface area contributed by atoms with E-state index in [1.807, 2.05) is 0 Å². The van der Waals surface area contributed by atoms with Crippen molar-refractivity contribution in [2.75, 3.05) is 20.2 Å². The van der Waals surface area contributed by atoms with Crippen molar-refractivity contribution in [3.05, 3.63) is 138 Å². The van der Waals surface area contributed by atoms with Crippen LogP contribution in [0.3, 0.4) is 0 Å². The largest absolute Gasteiger partial charge is 0.480 e. The Hall–Kier alpha value is -7.18. The molecule has 0 heterocycles. The Morgan fingerprint density at radius 2 is 0.934 bits per heavy atom. The maximum Gasteiger partial charge on any atom is 0.328 e. The van der Waals surface area contributed by atoms with Crippen LogP contribution in [-0.4, -0.2) is 96.2 Å². The fourth-order valence-corrected chi connectivity index (χ4v) is 7.30. The van der Waals surface area contributed by atoms with Gasteiger partial charge in [0.1, 0.15) is 23.8 Å². The molecule has 0 saturated heterocycles. The van der Waals surface area contributed by atoms with Crippen LogP contribution in [-0.2, 0) is 36.8 Å². The molecule has 0 unspecified atom stereocenters. The molecule has 410 valence electrons. The molecule has 0 aliphatic heterocycles. The smallest absolute Gasteiger partial charge is 0.328 e. The molecule has 4 rings (SSSR count). The van der Waals surface area contributed by atoms with Gasteiger partial charge in [-0.3, -0.25) is 28.8 Å². The van der Waals surface area contributed by atoms with Crippen molar-refractivity contribution < 1.29 is 48.2 Å². The van der Waals surface area contributed by atoms with E-state index in [4.69, 9.17) is 73.1 Å². The zero-order valence-corrected chi connectivity index (χ0v) is 43.5. The van der Waals surface area contributed by atoms with Crippen molar-refractivity contribution >= 4 is 132 Å². The third-order valence-electron chi connectivity index (χ3n) is 9.63. The van der Waals surface area contributed by atoms with E-state index in [1.165, 1.54) is 36.4 Å². The van der Waals surface area contributed by atoms with Crippen LogP contribution in [0.1, 0.15) is 101 Å². The molecule has 9 N–H and O–H groups in total. The van der Waals surface area contributed by atoms with Gasteiger partial charge in [-0.25, -0.2) is 9.59 Å². The van der Waals surface area contributed by atoms with Crippen LogP contribution >= 0.6 is 73.4 Å². The van der Waals surface area contributed by atoms with E-state index < -0.39 is 53.4 Å². The highest BCUT2D eigenvalue weighted by atomic mass is 35.5. The summed E-state index contributed by atoms with van der Waals surface area (Å²) in [5.41, 5.74) is 13.0. The highest BCUT2D eigenvalue weighted by Crippen LogP contribution is 2.25. The number of carboxylic acids is 1. The Morgan fingerprint density at radius 1 is 0.592 bits per heavy atom. The minimum Gasteiger partial charge on any atom is -0.480 e. The molecule has 76 heavy (non-hydrogen) atoms. The molecule has 0 bridgehead atoms. The maximum absolute atomic E-state index is 12.6. The summed E-state index contributed by atoms with van der Waals surface area (Å²) in [6, 6.07) is 19.4. The van der Waals surface area contributed by atoms with E-state index in [1.54, 1.807) is 60.9 Å². The minimum absolute atomic E-state index is 0. The molecule has 0 saturated carbocycles. The number of Topliss-reactive ketones (excluding diaryl/α,β-unsaturated/α-hetero) is 2. The number of aliphatic carboxylic acids is 1. The molecule has 0 spiro atoms. The number of nitriles is 2. The number of carboxylic acid groups (broad SMARTS) is 1. The summed E-state index contributed by atoms with van der Waals surface area (Å²) < 4.78 is 4.72. The number of nitrogens with two attached hydrogens (primary N) is 2. The second-order valence-corrected chi connectivity index (χ2v) is 16.4. The van der Waals surface area contributed by atoms with Crippen molar-refractivity contribution in [1.82, 2.24) is 21.3 Å². The van der Waals surface area contributed by atoms with E-state index in [-0.39, 0.29) is 155 Å². The number of ether oxygens (including phenoxy) is 1. The molecule has 4 amide bonds. The summed E-state index contributed by atoms with van der Waals surface area (Å²) in [6.45, 7) is -0.628. The van der Waals surface area contributed by atoms with Crippen LogP contribution in [0.4, 0.5) is 0 Å². The Labute approximate surface area is 474 Å². The van der Waals surface area contributed by atoms with Crippen molar-refractivity contribution in [3.63, 3.8) is 0 Å². The van der Waals surface area contributed by atoms with Crippen molar-refractivity contribution in [2.45, 2.75) is 72.9 Å². The van der Waals surface area contributed by atoms with Gasteiger partial charge in [-0.1, -0.05) is 105 Å². The number of nitrogens with zero attached hydrogens (tertiary/aromatic N) is 4. The molecular weight excluding hydrogens is 1110 g/mol. The lowest BCUT2D eigenvalue weighted by Crippen LogP contribution is -2.42. The van der Waals surface area contributed by atoms with Gasteiger partial charge >= 0.3 is 11.9 Å². The first-order chi connectivity index (χ1) is 33.8. The number of halogens is 4. The van der Waals surface area contributed by atoms with Gasteiger partial charge in [0.2, 0.25) is 12.4 Å². The number of hydrogen-bond donors (Lipinski definition) is 7. The molecular formula is C50H60Cl4N10O10S2. The molecule has 0 aliphatic rings. The molecule has 20 nitrogen and oxygen atoms in total. The number of ketones is 2. The number of nitrogens with one attached hydrogen (secondary N) is 4. The first-order valence-corrected chi connectivity index (χ1v) is 22.3. The highest BCUT2D eigenvalue weighted by Gasteiger charge is 2.26. The molecule has 0 aliphatic carbocycles. The Morgan fingerprint density at radius 3 is 1.28 bits per heavy atom. The molecule has 4 aromatic carbocycles. The van der Waals surface area contributed by atoms with Crippen LogP contribution in [0.25, 0.3) is 0 Å². The Kier molecular flexibility index (Phi) is 36.1. The standard InChI is InChI=1S/C24H23Cl2N5O5.C23H21Cl2N5O5.3CH4.2H2S/c1-36-24(35)19(31-23(34)21-17(25)6-3-7-18(21)26)9-8-16(32)12-29-22(33)15-5-2-4-14(10-15)11-20(28)30-13-27;24-16-5-2-6-17(25)20(16)22(33)30-18(23(34)35)8-7-15(31)11-28-21(32)14-4-1-3-13(9-14)10-19(27)29-12-26;;;;;/h2-7,10,19H,8-9,11-12H2,1H3,(H2,28,30)(H,29,33)(H,31,34);1-6,9,18H,7-8,10-11H2,(H2,27,29)(H,28,32)(H,30,33)(H,34,35);3*1H4;2*1H2/t19-;18-;;;;;/m00...../s1. The molecule has 26 heteroatoms. The maximum atomic E-state index is 12.6. The van der Waals surface area contributed by atoms with Gasteiger partial charge in [0, 0.05) is 36.8 Å². The predicted molar refractivity (Wildman–Crippen MR) is 304 cm³/mol. The van der Waals surface area contributed by atoms with Gasteiger partial charge in [-0.05, 0) is 72.5 Å². The van der Waals surface area contributed by atoms with Crippen LogP contribution < -0.4 is 32.7 Å². The summed E-state index contributed by atoms with van der Waals surface area (Å²) in [5.74, 6) is -5.18. The normalized spacial score (nSPS) is 10.9. The van der Waals surface area contributed by atoms with Crippen molar-refractivity contribution in [2.24, 2.45) is 21.5 Å². The summed E-state index contributed by atoms with van der Waals surface area (Å²) >= 11 is 24.0. The summed E-state index contributed by atoms with van der Waals surface area (Å²) in [6.07, 6.45) is 2.93. The quantitative estimate of drug-likeness (QED) is 0.0182. The average molecular weight is 1170 g/mol. The number of carbonyl (C=O) groups excluding carboxylic acids is 7. The number of amidine groups is 2. The molecule has 2 atom stereocenters. The second kappa shape index (κ2) is 37.5. The third-order valence-corrected chi connectivity index (χ3v) is 10.9. The Bertz CT molecular complexity index is 2790. The summed E-state index contributed by atoms with van der Waals surface area (Å²) in [5, 5.41) is 36.6. The molecule has 0 fully saturated rings. The lowest BCUT2D eigenvalue weighted by molar-refractivity contribution is -0.143. The first kappa shape index (κ1) is 73.1. The van der Waals surface area contributed by atoms with Gasteiger partial charge < -0.3 is 42.6 Å². The number of amides is 4. The number of rotatable bonds is 22. The van der Waals surface area contributed by atoms with Crippen LogP contribution in [0.15, 0.2) is 94.9 Å². The SMILES string of the molecule is C.C.C.COC(=O)[C@H](CCC(=O)CNC(=O)c1cccc(CC(N)=NC#N)c1)NC(=O)c1c(Cl)cccc1Cl.N#CN=C(N)Cc1cccc(C(=O)NCC(=O)CC[C@H](NC(=O)c2c(Cl)cccc2Cl)C(=O)O)c1.S.S. The van der Waals surface area contributed by atoms with Crippen LogP contribution in [0, 0.1) is 22.9 Å². The van der Waals surface area contributed by atoms with Crippen LogP contribution in [0.5, 0.6) is 0 Å².